The van der Waals surface area contributed by atoms with E-state index in [9.17, 15) is 9.90 Å². The lowest BCUT2D eigenvalue weighted by Gasteiger charge is -2.09. The van der Waals surface area contributed by atoms with Crippen molar-refractivity contribution in [2.24, 2.45) is 0 Å². The van der Waals surface area contributed by atoms with Crippen LogP contribution in [0.15, 0.2) is 6.20 Å². The first-order valence-corrected chi connectivity index (χ1v) is 7.15. The highest BCUT2D eigenvalue weighted by Crippen LogP contribution is 2.41. The summed E-state index contributed by atoms with van der Waals surface area (Å²) in [6.07, 6.45) is 5.21. The van der Waals surface area contributed by atoms with Gasteiger partial charge in [0.05, 0.1) is 23.6 Å². The second-order valence-electron chi connectivity index (χ2n) is 5.33. The Hall–Kier alpha value is -1.36. The molecule has 0 spiro atoms. The van der Waals surface area contributed by atoms with Gasteiger partial charge in [-0.15, -0.1) is 0 Å². The minimum atomic E-state index is -0.383. The number of aliphatic hydroxyl groups excluding tert-OH is 1. The van der Waals surface area contributed by atoms with Crippen LogP contribution in [-0.4, -0.2) is 33.4 Å². The lowest BCUT2D eigenvalue weighted by atomic mass is 10.1. The Labute approximate surface area is 114 Å². The zero-order chi connectivity index (χ0) is 13.8. The molecule has 5 heteroatoms. The summed E-state index contributed by atoms with van der Waals surface area (Å²) in [5.74, 6) is 0.441. The van der Waals surface area contributed by atoms with Gasteiger partial charge < -0.3 is 10.4 Å². The van der Waals surface area contributed by atoms with E-state index < -0.39 is 0 Å². The van der Waals surface area contributed by atoms with Gasteiger partial charge in [0.2, 0.25) is 0 Å². The molecule has 0 saturated heterocycles. The van der Waals surface area contributed by atoms with Gasteiger partial charge in [-0.2, -0.15) is 5.10 Å². The monoisotopic (exact) mass is 265 g/mol. The fourth-order valence-electron chi connectivity index (χ4n) is 2.24. The van der Waals surface area contributed by atoms with Crippen molar-refractivity contribution < 1.29 is 9.90 Å². The Morgan fingerprint density at radius 3 is 2.95 bits per heavy atom. The number of hydrogen-bond acceptors (Lipinski definition) is 3. The highest BCUT2D eigenvalue weighted by molar-refractivity contribution is 5.95. The third-order valence-electron chi connectivity index (χ3n) is 3.37. The molecule has 2 N–H and O–H groups in total. The average molecular weight is 265 g/mol. The molecule has 1 aromatic rings. The minimum absolute atomic E-state index is 0.0649. The number of rotatable bonds is 7. The number of hydrogen-bond donors (Lipinski definition) is 2. The molecule has 0 bridgehead atoms. The number of aromatic nitrogens is 2. The van der Waals surface area contributed by atoms with Crippen molar-refractivity contribution in [3.05, 3.63) is 17.5 Å². The number of aryl methyl sites for hydroxylation is 1. The minimum Gasteiger partial charge on any atom is -0.393 e. The third kappa shape index (κ3) is 3.56. The molecular formula is C14H23N3O2. The van der Waals surface area contributed by atoms with E-state index in [0.717, 1.165) is 31.5 Å². The molecule has 1 atom stereocenters. The number of aliphatic hydroxyl groups is 1. The summed E-state index contributed by atoms with van der Waals surface area (Å²) in [5.41, 5.74) is 1.80. The summed E-state index contributed by atoms with van der Waals surface area (Å²) >= 11 is 0. The van der Waals surface area contributed by atoms with Crippen LogP contribution in [0.1, 0.15) is 61.5 Å². The normalized spacial score (nSPS) is 16.4. The molecule has 1 aromatic heterocycles. The molecule has 2 rings (SSSR count). The van der Waals surface area contributed by atoms with Crippen LogP contribution in [0.5, 0.6) is 0 Å². The van der Waals surface area contributed by atoms with E-state index in [2.05, 4.69) is 17.3 Å². The highest BCUT2D eigenvalue weighted by atomic mass is 16.3. The molecule has 1 saturated carbocycles. The van der Waals surface area contributed by atoms with Crippen molar-refractivity contribution in [3.8, 4) is 0 Å². The maximum atomic E-state index is 12.2. The lowest BCUT2D eigenvalue weighted by Crippen LogP contribution is -2.27. The number of nitrogens with zero attached hydrogens (tertiary/aromatic N) is 2. The molecule has 1 heterocycles. The molecule has 1 fully saturated rings. The van der Waals surface area contributed by atoms with E-state index in [1.54, 1.807) is 13.1 Å². The van der Waals surface area contributed by atoms with Crippen LogP contribution in [0.3, 0.4) is 0 Å². The molecule has 0 radical (unpaired) electrons. The van der Waals surface area contributed by atoms with Crippen molar-refractivity contribution in [1.82, 2.24) is 15.1 Å². The molecule has 0 aliphatic heterocycles. The van der Waals surface area contributed by atoms with Gasteiger partial charge in [0.15, 0.2) is 0 Å². The van der Waals surface area contributed by atoms with E-state index in [0.29, 0.717) is 24.4 Å². The maximum Gasteiger partial charge on any atom is 0.254 e. The fourth-order valence-corrected chi connectivity index (χ4v) is 2.24. The van der Waals surface area contributed by atoms with Crippen molar-refractivity contribution in [3.63, 3.8) is 0 Å². The SMILES string of the molecule is CCCn1ncc(C(=O)NCCC(C)O)c1C1CC1. The molecule has 1 aliphatic carbocycles. The standard InChI is InChI=1S/C14H23N3O2/c1-3-8-17-13(11-4-5-11)12(9-16-17)14(19)15-7-6-10(2)18/h9-11,18H,3-8H2,1-2H3,(H,15,19). The predicted octanol–water partition coefficient (Wildman–Crippen LogP) is 1.67. The Balaban J connectivity index is 2.04. The molecular weight excluding hydrogens is 242 g/mol. The van der Waals surface area contributed by atoms with Gasteiger partial charge in [0.1, 0.15) is 0 Å². The van der Waals surface area contributed by atoms with E-state index in [1.165, 1.54) is 0 Å². The second kappa shape index (κ2) is 6.19. The predicted molar refractivity (Wildman–Crippen MR) is 73.1 cm³/mol. The van der Waals surface area contributed by atoms with Crippen molar-refractivity contribution >= 4 is 5.91 Å². The summed E-state index contributed by atoms with van der Waals surface area (Å²) < 4.78 is 1.97. The summed E-state index contributed by atoms with van der Waals surface area (Å²) in [5, 5.41) is 16.4. The van der Waals surface area contributed by atoms with Gasteiger partial charge in [0, 0.05) is 19.0 Å². The first kappa shape index (κ1) is 14.1. The Morgan fingerprint density at radius 2 is 2.37 bits per heavy atom. The first-order chi connectivity index (χ1) is 9.13. The fraction of sp³-hybridized carbons (Fsp3) is 0.714. The van der Waals surface area contributed by atoms with Gasteiger partial charge >= 0.3 is 0 Å². The number of nitrogens with one attached hydrogen (secondary N) is 1. The van der Waals surface area contributed by atoms with E-state index in [-0.39, 0.29) is 12.0 Å². The summed E-state index contributed by atoms with van der Waals surface area (Å²) in [6.45, 7) is 5.20. The van der Waals surface area contributed by atoms with Crippen molar-refractivity contribution in [2.45, 2.75) is 58.1 Å². The molecule has 1 unspecified atom stereocenters. The number of amides is 1. The molecule has 0 aromatic carbocycles. The average Bonchev–Trinajstić information content (AvgIpc) is 3.10. The molecule has 1 amide bonds. The van der Waals surface area contributed by atoms with Gasteiger partial charge in [0.25, 0.3) is 5.91 Å². The Bertz CT molecular complexity index is 436. The molecule has 5 nitrogen and oxygen atoms in total. The van der Waals surface area contributed by atoms with E-state index in [4.69, 9.17) is 0 Å². The second-order valence-corrected chi connectivity index (χ2v) is 5.33. The summed E-state index contributed by atoms with van der Waals surface area (Å²) in [6, 6.07) is 0. The van der Waals surface area contributed by atoms with Gasteiger partial charge in [-0.25, -0.2) is 0 Å². The third-order valence-corrected chi connectivity index (χ3v) is 3.37. The van der Waals surface area contributed by atoms with Gasteiger partial charge in [-0.1, -0.05) is 6.92 Å². The summed E-state index contributed by atoms with van der Waals surface area (Å²) in [7, 11) is 0. The molecule has 19 heavy (non-hydrogen) atoms. The Kier molecular flexibility index (Phi) is 4.58. The van der Waals surface area contributed by atoms with Crippen LogP contribution in [0.4, 0.5) is 0 Å². The largest absolute Gasteiger partial charge is 0.393 e. The zero-order valence-electron chi connectivity index (χ0n) is 11.7. The van der Waals surface area contributed by atoms with E-state index >= 15 is 0 Å². The number of carbonyl (C=O) groups excluding carboxylic acids is 1. The highest BCUT2D eigenvalue weighted by Gasteiger charge is 2.32. The first-order valence-electron chi connectivity index (χ1n) is 7.15. The van der Waals surface area contributed by atoms with E-state index in [1.807, 2.05) is 4.68 Å². The van der Waals surface area contributed by atoms with Crippen LogP contribution in [0.2, 0.25) is 0 Å². The summed E-state index contributed by atoms with van der Waals surface area (Å²) in [4.78, 5) is 12.2. The maximum absolute atomic E-state index is 12.2. The van der Waals surface area contributed by atoms with Crippen molar-refractivity contribution in [2.75, 3.05) is 6.54 Å². The van der Waals surface area contributed by atoms with Crippen molar-refractivity contribution in [1.29, 1.82) is 0 Å². The van der Waals surface area contributed by atoms with Gasteiger partial charge in [-0.3, -0.25) is 9.48 Å². The molecule has 106 valence electrons. The van der Waals surface area contributed by atoms with Crippen LogP contribution < -0.4 is 5.32 Å². The van der Waals surface area contributed by atoms with Crippen LogP contribution in [0, 0.1) is 0 Å². The van der Waals surface area contributed by atoms with Crippen LogP contribution in [0.25, 0.3) is 0 Å². The van der Waals surface area contributed by atoms with Crippen LogP contribution >= 0.6 is 0 Å². The quantitative estimate of drug-likeness (QED) is 0.788. The van der Waals surface area contributed by atoms with Crippen LogP contribution in [-0.2, 0) is 6.54 Å². The zero-order valence-corrected chi connectivity index (χ0v) is 11.7. The molecule has 1 aliphatic rings. The Morgan fingerprint density at radius 1 is 1.63 bits per heavy atom. The number of carbonyl (C=O) groups is 1. The smallest absolute Gasteiger partial charge is 0.254 e. The van der Waals surface area contributed by atoms with Gasteiger partial charge in [-0.05, 0) is 32.6 Å². The lowest BCUT2D eigenvalue weighted by molar-refractivity contribution is 0.0944. The topological polar surface area (TPSA) is 67.2 Å².